The fourth-order valence-electron chi connectivity index (χ4n) is 2.32. The Labute approximate surface area is 94.9 Å². The lowest BCUT2D eigenvalue weighted by molar-refractivity contribution is 0.215. The number of fused-ring (bicyclic) bond motifs is 1. The van der Waals surface area contributed by atoms with E-state index >= 15 is 0 Å². The molecule has 4 heteroatoms. The molecule has 2 aromatic rings. The SMILES string of the molecule is c1ccn2c(CN3CCCCC3)nnc2c1. The van der Waals surface area contributed by atoms with Crippen molar-refractivity contribution in [1.29, 1.82) is 0 Å². The third kappa shape index (κ3) is 1.80. The van der Waals surface area contributed by atoms with Crippen LogP contribution in [0.5, 0.6) is 0 Å². The Hall–Kier alpha value is -1.42. The van der Waals surface area contributed by atoms with Gasteiger partial charge in [-0.25, -0.2) is 0 Å². The van der Waals surface area contributed by atoms with Crippen molar-refractivity contribution in [3.05, 3.63) is 30.2 Å². The molecule has 0 spiro atoms. The lowest BCUT2D eigenvalue weighted by Crippen LogP contribution is -2.29. The van der Waals surface area contributed by atoms with Gasteiger partial charge in [-0.05, 0) is 38.1 Å². The van der Waals surface area contributed by atoms with Crippen LogP contribution >= 0.6 is 0 Å². The lowest BCUT2D eigenvalue weighted by atomic mass is 10.1. The van der Waals surface area contributed by atoms with E-state index in [1.807, 2.05) is 24.4 Å². The molecule has 4 nitrogen and oxygen atoms in total. The highest BCUT2D eigenvalue weighted by Gasteiger charge is 2.13. The van der Waals surface area contributed by atoms with E-state index in [1.54, 1.807) is 0 Å². The number of likely N-dealkylation sites (tertiary alicyclic amines) is 1. The largest absolute Gasteiger partial charge is 0.296 e. The van der Waals surface area contributed by atoms with Gasteiger partial charge in [-0.1, -0.05) is 12.5 Å². The van der Waals surface area contributed by atoms with E-state index in [2.05, 4.69) is 19.5 Å². The first kappa shape index (κ1) is 9.78. The molecule has 1 fully saturated rings. The van der Waals surface area contributed by atoms with Gasteiger partial charge in [0.1, 0.15) is 0 Å². The minimum absolute atomic E-state index is 0.922. The van der Waals surface area contributed by atoms with Gasteiger partial charge >= 0.3 is 0 Å². The second kappa shape index (κ2) is 4.22. The van der Waals surface area contributed by atoms with Gasteiger partial charge in [-0.3, -0.25) is 9.30 Å². The molecule has 2 aromatic heterocycles. The predicted octanol–water partition coefficient (Wildman–Crippen LogP) is 1.72. The summed E-state index contributed by atoms with van der Waals surface area (Å²) < 4.78 is 2.08. The summed E-state index contributed by atoms with van der Waals surface area (Å²) in [5, 5.41) is 8.43. The van der Waals surface area contributed by atoms with Crippen LogP contribution in [0.3, 0.4) is 0 Å². The van der Waals surface area contributed by atoms with Gasteiger partial charge < -0.3 is 0 Å². The second-order valence-corrected chi connectivity index (χ2v) is 4.38. The summed E-state index contributed by atoms with van der Waals surface area (Å²) in [5.41, 5.74) is 0.939. The molecule has 0 amide bonds. The first-order valence-corrected chi connectivity index (χ1v) is 5.94. The molecule has 0 aliphatic carbocycles. The standard InChI is InChI=1S/C12H16N4/c1-3-7-15(8-4-1)10-12-14-13-11-6-2-5-9-16(11)12/h2,5-6,9H,1,3-4,7-8,10H2. The number of pyridine rings is 1. The maximum atomic E-state index is 4.26. The molecule has 0 atom stereocenters. The van der Waals surface area contributed by atoms with Crippen LogP contribution in [0.4, 0.5) is 0 Å². The minimum Gasteiger partial charge on any atom is -0.296 e. The quantitative estimate of drug-likeness (QED) is 0.766. The molecule has 0 saturated carbocycles. The first-order valence-electron chi connectivity index (χ1n) is 5.94. The summed E-state index contributed by atoms with van der Waals surface area (Å²) in [6, 6.07) is 6.01. The average molecular weight is 216 g/mol. The van der Waals surface area contributed by atoms with Crippen molar-refractivity contribution < 1.29 is 0 Å². The van der Waals surface area contributed by atoms with Gasteiger partial charge in [-0.15, -0.1) is 10.2 Å². The van der Waals surface area contributed by atoms with E-state index < -0.39 is 0 Å². The van der Waals surface area contributed by atoms with Crippen LogP contribution in [-0.2, 0) is 6.54 Å². The van der Waals surface area contributed by atoms with E-state index in [9.17, 15) is 0 Å². The zero-order valence-electron chi connectivity index (χ0n) is 9.34. The molecule has 84 valence electrons. The monoisotopic (exact) mass is 216 g/mol. The summed E-state index contributed by atoms with van der Waals surface area (Å²) in [5.74, 6) is 1.05. The Morgan fingerprint density at radius 2 is 1.94 bits per heavy atom. The number of hydrogen-bond acceptors (Lipinski definition) is 3. The summed E-state index contributed by atoms with van der Waals surface area (Å²) >= 11 is 0. The third-order valence-corrected chi connectivity index (χ3v) is 3.20. The van der Waals surface area contributed by atoms with Gasteiger partial charge in [0.05, 0.1) is 6.54 Å². The van der Waals surface area contributed by atoms with E-state index in [1.165, 1.54) is 32.4 Å². The Bertz CT molecular complexity index is 471. The van der Waals surface area contributed by atoms with Crippen molar-refractivity contribution in [2.45, 2.75) is 25.8 Å². The van der Waals surface area contributed by atoms with Crippen LogP contribution in [0, 0.1) is 0 Å². The predicted molar refractivity (Wildman–Crippen MR) is 62.1 cm³/mol. The maximum absolute atomic E-state index is 4.26. The molecule has 3 rings (SSSR count). The lowest BCUT2D eigenvalue weighted by Gasteiger charge is -2.25. The molecule has 1 aliphatic heterocycles. The van der Waals surface area contributed by atoms with Crippen molar-refractivity contribution in [2.75, 3.05) is 13.1 Å². The van der Waals surface area contributed by atoms with Gasteiger partial charge in [0, 0.05) is 6.20 Å². The summed E-state index contributed by atoms with van der Waals surface area (Å²) in [6.07, 6.45) is 6.04. The fraction of sp³-hybridized carbons (Fsp3) is 0.500. The third-order valence-electron chi connectivity index (χ3n) is 3.20. The Balaban J connectivity index is 1.83. The van der Waals surface area contributed by atoms with E-state index in [0.29, 0.717) is 0 Å². The Morgan fingerprint density at radius 1 is 1.06 bits per heavy atom. The number of piperidine rings is 1. The van der Waals surface area contributed by atoms with Gasteiger partial charge in [0.2, 0.25) is 0 Å². The maximum Gasteiger partial charge on any atom is 0.160 e. The van der Waals surface area contributed by atoms with Gasteiger partial charge in [0.15, 0.2) is 11.5 Å². The highest BCUT2D eigenvalue weighted by Crippen LogP contribution is 2.12. The molecule has 1 aliphatic rings. The molecule has 0 radical (unpaired) electrons. The van der Waals surface area contributed by atoms with Crippen molar-refractivity contribution in [3.8, 4) is 0 Å². The molecule has 1 saturated heterocycles. The highest BCUT2D eigenvalue weighted by atomic mass is 15.3. The summed E-state index contributed by atoms with van der Waals surface area (Å²) in [6.45, 7) is 3.31. The molecule has 16 heavy (non-hydrogen) atoms. The van der Waals surface area contributed by atoms with E-state index in [4.69, 9.17) is 0 Å². The van der Waals surface area contributed by atoms with Gasteiger partial charge in [0.25, 0.3) is 0 Å². The highest BCUT2D eigenvalue weighted by molar-refractivity contribution is 5.36. The van der Waals surface area contributed by atoms with Crippen LogP contribution < -0.4 is 0 Å². The van der Waals surface area contributed by atoms with Crippen LogP contribution in [-0.4, -0.2) is 32.6 Å². The molecule has 0 aromatic carbocycles. The van der Waals surface area contributed by atoms with Crippen molar-refractivity contribution in [3.63, 3.8) is 0 Å². The Morgan fingerprint density at radius 3 is 2.81 bits per heavy atom. The van der Waals surface area contributed by atoms with E-state index in [-0.39, 0.29) is 0 Å². The molecule has 0 N–H and O–H groups in total. The second-order valence-electron chi connectivity index (χ2n) is 4.38. The average Bonchev–Trinajstić information content (AvgIpc) is 2.74. The van der Waals surface area contributed by atoms with Crippen LogP contribution in [0.15, 0.2) is 24.4 Å². The zero-order valence-corrected chi connectivity index (χ0v) is 9.34. The van der Waals surface area contributed by atoms with Crippen LogP contribution in [0.2, 0.25) is 0 Å². The number of nitrogens with zero attached hydrogens (tertiary/aromatic N) is 4. The van der Waals surface area contributed by atoms with Crippen LogP contribution in [0.25, 0.3) is 5.65 Å². The van der Waals surface area contributed by atoms with Crippen LogP contribution in [0.1, 0.15) is 25.1 Å². The van der Waals surface area contributed by atoms with E-state index in [0.717, 1.165) is 18.0 Å². The number of aromatic nitrogens is 3. The molecule has 0 unspecified atom stereocenters. The zero-order chi connectivity index (χ0) is 10.8. The Kier molecular flexibility index (Phi) is 2.58. The van der Waals surface area contributed by atoms with Crippen molar-refractivity contribution in [2.24, 2.45) is 0 Å². The van der Waals surface area contributed by atoms with Crippen molar-refractivity contribution >= 4 is 5.65 Å². The normalized spacial score (nSPS) is 18.0. The topological polar surface area (TPSA) is 33.4 Å². The molecule has 0 bridgehead atoms. The minimum atomic E-state index is 0.922. The van der Waals surface area contributed by atoms with Gasteiger partial charge in [-0.2, -0.15) is 0 Å². The summed E-state index contributed by atoms with van der Waals surface area (Å²) in [4.78, 5) is 2.47. The smallest absolute Gasteiger partial charge is 0.160 e. The molecular formula is C12H16N4. The number of hydrogen-bond donors (Lipinski definition) is 0. The van der Waals surface area contributed by atoms with Crippen molar-refractivity contribution in [1.82, 2.24) is 19.5 Å². The first-order chi connectivity index (χ1) is 7.93. The fourth-order valence-corrected chi connectivity index (χ4v) is 2.32. The number of rotatable bonds is 2. The molecular weight excluding hydrogens is 200 g/mol. The summed E-state index contributed by atoms with van der Waals surface area (Å²) in [7, 11) is 0. The molecule has 3 heterocycles.